The molecular weight excluding hydrogens is 327 g/mol. The normalized spacial score (nSPS) is 28.4. The van der Waals surface area contributed by atoms with Crippen LogP contribution in [0.4, 0.5) is 4.39 Å². The number of methoxy groups -OCH3 is 1. The van der Waals surface area contributed by atoms with E-state index >= 15 is 0 Å². The number of amides is 2. The summed E-state index contributed by atoms with van der Waals surface area (Å²) in [5, 5.41) is 13.0. The van der Waals surface area contributed by atoms with Crippen LogP contribution in [-0.2, 0) is 4.79 Å². The van der Waals surface area contributed by atoms with Crippen molar-refractivity contribution >= 4 is 11.8 Å². The van der Waals surface area contributed by atoms with E-state index in [4.69, 9.17) is 4.74 Å². The van der Waals surface area contributed by atoms with Gasteiger partial charge in [-0.15, -0.1) is 0 Å². The number of nitrogens with one attached hydrogen (secondary N) is 1. The van der Waals surface area contributed by atoms with Gasteiger partial charge < -0.3 is 20.1 Å². The van der Waals surface area contributed by atoms with Crippen LogP contribution in [0.15, 0.2) is 18.2 Å². The summed E-state index contributed by atoms with van der Waals surface area (Å²) in [5.41, 5.74) is 0.335. The van der Waals surface area contributed by atoms with Crippen molar-refractivity contribution in [3.8, 4) is 5.75 Å². The average molecular weight is 350 g/mol. The SMILES string of the molecule is COc1cc(F)ccc1C(=O)N1C[C@H]2C[C@@H](NC(C)=O)[C@H](O)C[C@H]2C1. The Bertz CT molecular complexity index is 681. The molecule has 0 radical (unpaired) electrons. The number of aliphatic hydroxyl groups excluding tert-OH is 1. The summed E-state index contributed by atoms with van der Waals surface area (Å²) in [6.07, 6.45) is 0.607. The van der Waals surface area contributed by atoms with Gasteiger partial charge >= 0.3 is 0 Å². The van der Waals surface area contributed by atoms with Gasteiger partial charge in [-0.25, -0.2) is 4.39 Å². The first-order valence-corrected chi connectivity index (χ1v) is 8.47. The van der Waals surface area contributed by atoms with E-state index in [1.807, 2.05) is 0 Å². The first kappa shape index (κ1) is 17.7. The number of hydrogen-bond donors (Lipinski definition) is 2. The summed E-state index contributed by atoms with van der Waals surface area (Å²) in [4.78, 5) is 25.8. The van der Waals surface area contributed by atoms with Crippen LogP contribution in [0.3, 0.4) is 0 Å². The molecule has 6 nitrogen and oxygen atoms in total. The van der Waals surface area contributed by atoms with Crippen LogP contribution in [0.25, 0.3) is 0 Å². The van der Waals surface area contributed by atoms with E-state index in [1.54, 1.807) is 4.90 Å². The quantitative estimate of drug-likeness (QED) is 0.858. The number of aliphatic hydroxyl groups is 1. The van der Waals surface area contributed by atoms with Crippen LogP contribution in [-0.4, -0.2) is 54.2 Å². The maximum Gasteiger partial charge on any atom is 0.257 e. The third kappa shape index (κ3) is 3.61. The molecule has 0 aromatic heterocycles. The highest BCUT2D eigenvalue weighted by Gasteiger charge is 2.43. The van der Waals surface area contributed by atoms with Gasteiger partial charge in [0.15, 0.2) is 0 Å². The molecule has 1 heterocycles. The standard InChI is InChI=1S/C18H23FN2O4/c1-10(22)20-15-5-11-8-21(9-12(11)6-16(15)23)18(24)14-4-3-13(19)7-17(14)25-2/h3-4,7,11-12,15-16,23H,5-6,8-9H2,1-2H3,(H,20,22)/t11-,12+,15-,16-/m1/s1. The Hall–Kier alpha value is -2.15. The molecular formula is C18H23FN2O4. The lowest BCUT2D eigenvalue weighted by Gasteiger charge is -2.35. The topological polar surface area (TPSA) is 78.9 Å². The van der Waals surface area contributed by atoms with Gasteiger partial charge in [-0.2, -0.15) is 0 Å². The molecule has 1 aliphatic carbocycles. The predicted molar refractivity (Wildman–Crippen MR) is 88.7 cm³/mol. The first-order chi connectivity index (χ1) is 11.9. The summed E-state index contributed by atoms with van der Waals surface area (Å²) >= 11 is 0. The number of halogens is 1. The molecule has 136 valence electrons. The Labute approximate surface area is 146 Å². The van der Waals surface area contributed by atoms with Gasteiger partial charge in [0.05, 0.1) is 24.8 Å². The van der Waals surface area contributed by atoms with E-state index in [1.165, 1.54) is 32.2 Å². The smallest absolute Gasteiger partial charge is 0.257 e. The molecule has 2 aliphatic rings. The van der Waals surface area contributed by atoms with Crippen molar-refractivity contribution in [1.82, 2.24) is 10.2 Å². The summed E-state index contributed by atoms with van der Waals surface area (Å²) in [6, 6.07) is 3.62. The molecule has 0 unspecified atom stereocenters. The predicted octanol–water partition coefficient (Wildman–Crippen LogP) is 1.18. The molecule has 1 saturated heterocycles. The van der Waals surface area contributed by atoms with Gasteiger partial charge in [0, 0.05) is 26.1 Å². The minimum absolute atomic E-state index is 0.163. The lowest BCUT2D eigenvalue weighted by Crippen LogP contribution is -2.48. The zero-order valence-electron chi connectivity index (χ0n) is 14.4. The maximum absolute atomic E-state index is 13.3. The number of rotatable bonds is 3. The van der Waals surface area contributed by atoms with E-state index in [9.17, 15) is 19.1 Å². The number of benzene rings is 1. The molecule has 2 fully saturated rings. The highest BCUT2D eigenvalue weighted by molar-refractivity contribution is 5.97. The van der Waals surface area contributed by atoms with Gasteiger partial charge in [0.25, 0.3) is 5.91 Å². The number of ether oxygens (including phenoxy) is 1. The number of hydrogen-bond acceptors (Lipinski definition) is 4. The molecule has 1 aromatic carbocycles. The Morgan fingerprint density at radius 1 is 1.28 bits per heavy atom. The number of carbonyl (C=O) groups is 2. The van der Waals surface area contributed by atoms with E-state index in [0.717, 1.165) is 0 Å². The highest BCUT2D eigenvalue weighted by atomic mass is 19.1. The second-order valence-corrected chi connectivity index (χ2v) is 6.92. The lowest BCUT2D eigenvalue weighted by molar-refractivity contribution is -0.121. The van der Waals surface area contributed by atoms with Gasteiger partial charge in [0.2, 0.25) is 5.91 Å². The van der Waals surface area contributed by atoms with E-state index < -0.39 is 11.9 Å². The molecule has 2 amide bonds. The minimum Gasteiger partial charge on any atom is -0.496 e. The summed E-state index contributed by atoms with van der Waals surface area (Å²) in [5.74, 6) is -0.159. The molecule has 0 bridgehead atoms. The summed E-state index contributed by atoms with van der Waals surface area (Å²) in [6.45, 7) is 2.55. The molecule has 1 aliphatic heterocycles. The number of fused-ring (bicyclic) bond motifs is 1. The molecule has 1 saturated carbocycles. The van der Waals surface area contributed by atoms with Crippen molar-refractivity contribution < 1.29 is 23.8 Å². The molecule has 1 aromatic rings. The van der Waals surface area contributed by atoms with Gasteiger partial charge in [-0.1, -0.05) is 0 Å². The van der Waals surface area contributed by atoms with Crippen LogP contribution >= 0.6 is 0 Å². The highest BCUT2D eigenvalue weighted by Crippen LogP contribution is 2.37. The molecule has 3 rings (SSSR count). The fourth-order valence-corrected chi connectivity index (χ4v) is 4.02. The Morgan fingerprint density at radius 3 is 2.60 bits per heavy atom. The Kier molecular flexibility index (Phi) is 4.94. The van der Waals surface area contributed by atoms with Crippen molar-refractivity contribution in [2.75, 3.05) is 20.2 Å². The van der Waals surface area contributed by atoms with Crippen LogP contribution in [0.5, 0.6) is 5.75 Å². The van der Waals surface area contributed by atoms with Crippen molar-refractivity contribution in [2.24, 2.45) is 11.8 Å². The fourth-order valence-electron chi connectivity index (χ4n) is 4.02. The molecule has 7 heteroatoms. The van der Waals surface area contributed by atoms with Gasteiger partial charge in [-0.05, 0) is 36.8 Å². The van der Waals surface area contributed by atoms with Gasteiger partial charge in [-0.3, -0.25) is 9.59 Å². The summed E-state index contributed by atoms with van der Waals surface area (Å²) in [7, 11) is 1.41. The van der Waals surface area contributed by atoms with Crippen molar-refractivity contribution in [2.45, 2.75) is 31.9 Å². The number of likely N-dealkylation sites (tertiary alicyclic amines) is 1. The van der Waals surface area contributed by atoms with Crippen LogP contribution in [0, 0.1) is 17.7 Å². The van der Waals surface area contributed by atoms with Crippen molar-refractivity contribution in [3.63, 3.8) is 0 Å². The largest absolute Gasteiger partial charge is 0.496 e. The van der Waals surface area contributed by atoms with E-state index in [-0.39, 0.29) is 35.4 Å². The van der Waals surface area contributed by atoms with E-state index in [2.05, 4.69) is 5.32 Å². The van der Waals surface area contributed by atoms with E-state index in [0.29, 0.717) is 31.5 Å². The molecule has 4 atom stereocenters. The summed E-state index contributed by atoms with van der Waals surface area (Å²) < 4.78 is 18.5. The average Bonchev–Trinajstić information content (AvgIpc) is 2.96. The lowest BCUT2D eigenvalue weighted by atomic mass is 9.77. The second kappa shape index (κ2) is 7.00. The minimum atomic E-state index is -0.597. The monoisotopic (exact) mass is 350 g/mol. The zero-order valence-corrected chi connectivity index (χ0v) is 14.4. The second-order valence-electron chi connectivity index (χ2n) is 6.92. The first-order valence-electron chi connectivity index (χ1n) is 8.47. The Morgan fingerprint density at radius 2 is 1.96 bits per heavy atom. The van der Waals surface area contributed by atoms with Crippen LogP contribution in [0.2, 0.25) is 0 Å². The van der Waals surface area contributed by atoms with Crippen molar-refractivity contribution in [1.29, 1.82) is 0 Å². The van der Waals surface area contributed by atoms with Crippen LogP contribution in [0.1, 0.15) is 30.1 Å². The van der Waals surface area contributed by atoms with Gasteiger partial charge in [0.1, 0.15) is 11.6 Å². The molecule has 25 heavy (non-hydrogen) atoms. The van der Waals surface area contributed by atoms with Crippen LogP contribution < -0.4 is 10.1 Å². The number of carbonyl (C=O) groups excluding carboxylic acids is 2. The maximum atomic E-state index is 13.3. The molecule has 2 N–H and O–H groups in total. The Balaban J connectivity index is 1.72. The van der Waals surface area contributed by atoms with Crippen molar-refractivity contribution in [3.05, 3.63) is 29.6 Å². The zero-order chi connectivity index (χ0) is 18.1. The molecule has 0 spiro atoms. The fraction of sp³-hybridized carbons (Fsp3) is 0.556. The third-order valence-electron chi connectivity index (χ3n) is 5.21. The number of nitrogens with zero attached hydrogens (tertiary/aromatic N) is 1. The third-order valence-corrected chi connectivity index (χ3v) is 5.21.